The zero-order chi connectivity index (χ0) is 13.5. The Balaban J connectivity index is 2.53. The van der Waals surface area contributed by atoms with E-state index in [1.54, 1.807) is 0 Å². The van der Waals surface area contributed by atoms with Crippen molar-refractivity contribution in [2.45, 2.75) is 27.3 Å². The van der Waals surface area contributed by atoms with Crippen LogP contribution in [0.3, 0.4) is 0 Å². The quantitative estimate of drug-likeness (QED) is 0.313. The molecule has 0 aliphatic rings. The molecule has 0 fully saturated rings. The van der Waals surface area contributed by atoms with Crippen molar-refractivity contribution in [3.05, 3.63) is 35.4 Å². The average Bonchev–Trinajstić information content (AvgIpc) is 2.37. The highest BCUT2D eigenvalue weighted by Crippen LogP contribution is 2.09. The number of nitrogens with one attached hydrogen (secondary N) is 1. The Labute approximate surface area is 109 Å². The first kappa shape index (κ1) is 14.5. The van der Waals surface area contributed by atoms with Crippen LogP contribution in [-0.4, -0.2) is 17.6 Å². The lowest BCUT2D eigenvalue weighted by molar-refractivity contribution is 0.318. The highest BCUT2D eigenvalue weighted by molar-refractivity contribution is 5.97. The zero-order valence-electron chi connectivity index (χ0n) is 11.4. The van der Waals surface area contributed by atoms with Crippen LogP contribution in [0.4, 0.5) is 0 Å². The van der Waals surface area contributed by atoms with Crippen LogP contribution in [0, 0.1) is 11.8 Å². The number of benzene rings is 1. The fraction of sp³-hybridized carbons (Fsp3) is 0.500. The van der Waals surface area contributed by atoms with E-state index in [0.29, 0.717) is 11.8 Å². The number of nitrogens with zero attached hydrogens (tertiary/aromatic N) is 1. The standard InChI is InChI=1S/C14H23N3O/c1-10(2)11(3)8-16-9-12-5-4-6-13(7-12)14(15)17-18/h4-7,10-11,16,18H,8-9H2,1-3H3,(H2,15,17). The van der Waals surface area contributed by atoms with E-state index in [2.05, 4.69) is 31.2 Å². The smallest absolute Gasteiger partial charge is 0.170 e. The minimum Gasteiger partial charge on any atom is -0.409 e. The molecule has 4 heteroatoms. The molecule has 1 aromatic carbocycles. The van der Waals surface area contributed by atoms with Crippen molar-refractivity contribution in [3.63, 3.8) is 0 Å². The first-order valence-corrected chi connectivity index (χ1v) is 6.32. The van der Waals surface area contributed by atoms with Crippen molar-refractivity contribution < 1.29 is 5.21 Å². The maximum Gasteiger partial charge on any atom is 0.170 e. The highest BCUT2D eigenvalue weighted by Gasteiger charge is 2.06. The van der Waals surface area contributed by atoms with Gasteiger partial charge in [0.25, 0.3) is 0 Å². The van der Waals surface area contributed by atoms with Crippen LogP contribution in [0.5, 0.6) is 0 Å². The Bertz CT molecular complexity index is 402. The third-order valence-corrected chi connectivity index (χ3v) is 3.26. The van der Waals surface area contributed by atoms with E-state index >= 15 is 0 Å². The lowest BCUT2D eigenvalue weighted by atomic mass is 9.98. The van der Waals surface area contributed by atoms with E-state index < -0.39 is 0 Å². The summed E-state index contributed by atoms with van der Waals surface area (Å²) in [5.41, 5.74) is 7.44. The van der Waals surface area contributed by atoms with Gasteiger partial charge in [0.2, 0.25) is 0 Å². The number of nitrogens with two attached hydrogens (primary N) is 1. The monoisotopic (exact) mass is 249 g/mol. The molecule has 1 atom stereocenters. The summed E-state index contributed by atoms with van der Waals surface area (Å²) in [7, 11) is 0. The maximum atomic E-state index is 8.64. The van der Waals surface area contributed by atoms with Crippen LogP contribution in [-0.2, 0) is 6.54 Å². The van der Waals surface area contributed by atoms with Gasteiger partial charge in [0.15, 0.2) is 5.84 Å². The van der Waals surface area contributed by atoms with Crippen LogP contribution in [0.2, 0.25) is 0 Å². The summed E-state index contributed by atoms with van der Waals surface area (Å²) in [4.78, 5) is 0. The minimum atomic E-state index is 0.146. The van der Waals surface area contributed by atoms with Crippen molar-refractivity contribution in [3.8, 4) is 0 Å². The molecule has 18 heavy (non-hydrogen) atoms. The molecule has 0 amide bonds. The largest absolute Gasteiger partial charge is 0.409 e. The molecule has 0 aliphatic heterocycles. The summed E-state index contributed by atoms with van der Waals surface area (Å²) < 4.78 is 0. The molecule has 0 spiro atoms. The Morgan fingerprint density at radius 3 is 2.72 bits per heavy atom. The Hall–Kier alpha value is -1.55. The topological polar surface area (TPSA) is 70.6 Å². The fourth-order valence-electron chi connectivity index (χ4n) is 1.58. The lowest BCUT2D eigenvalue weighted by Crippen LogP contribution is -2.24. The average molecular weight is 249 g/mol. The van der Waals surface area contributed by atoms with Gasteiger partial charge in [-0.3, -0.25) is 0 Å². The molecular weight excluding hydrogens is 226 g/mol. The van der Waals surface area contributed by atoms with Crippen LogP contribution in [0.25, 0.3) is 0 Å². The summed E-state index contributed by atoms with van der Waals surface area (Å²) in [6.45, 7) is 8.48. The highest BCUT2D eigenvalue weighted by atomic mass is 16.4. The van der Waals surface area contributed by atoms with Crippen LogP contribution < -0.4 is 11.1 Å². The second kappa shape index (κ2) is 7.01. The second-order valence-corrected chi connectivity index (χ2v) is 5.04. The van der Waals surface area contributed by atoms with Gasteiger partial charge in [0.05, 0.1) is 0 Å². The molecule has 1 aromatic rings. The van der Waals surface area contributed by atoms with Gasteiger partial charge in [0.1, 0.15) is 0 Å². The second-order valence-electron chi connectivity index (χ2n) is 5.04. The van der Waals surface area contributed by atoms with E-state index in [1.165, 1.54) is 0 Å². The summed E-state index contributed by atoms with van der Waals surface area (Å²) in [5.74, 6) is 1.48. The van der Waals surface area contributed by atoms with Gasteiger partial charge in [-0.25, -0.2) is 0 Å². The van der Waals surface area contributed by atoms with Crippen molar-refractivity contribution in [2.24, 2.45) is 22.7 Å². The summed E-state index contributed by atoms with van der Waals surface area (Å²) in [6, 6.07) is 7.70. The molecule has 0 aliphatic carbocycles. The van der Waals surface area contributed by atoms with Crippen LogP contribution in [0.15, 0.2) is 29.4 Å². The van der Waals surface area contributed by atoms with Crippen LogP contribution >= 0.6 is 0 Å². The first-order chi connectivity index (χ1) is 8.54. The predicted octanol–water partition coefficient (Wildman–Crippen LogP) is 2.16. The molecule has 100 valence electrons. The molecule has 0 saturated carbocycles. The number of rotatable bonds is 6. The number of hydrogen-bond donors (Lipinski definition) is 3. The molecule has 1 unspecified atom stereocenters. The Morgan fingerprint density at radius 2 is 2.11 bits per heavy atom. The van der Waals surface area contributed by atoms with Crippen molar-refractivity contribution in [1.82, 2.24) is 5.32 Å². The molecule has 0 saturated heterocycles. The van der Waals surface area contributed by atoms with E-state index in [4.69, 9.17) is 10.9 Å². The van der Waals surface area contributed by atoms with Gasteiger partial charge >= 0.3 is 0 Å². The number of amidine groups is 1. The molecule has 0 heterocycles. The number of oxime groups is 1. The maximum absolute atomic E-state index is 8.64. The van der Waals surface area contributed by atoms with Crippen LogP contribution in [0.1, 0.15) is 31.9 Å². The van der Waals surface area contributed by atoms with Gasteiger partial charge in [-0.1, -0.05) is 44.1 Å². The van der Waals surface area contributed by atoms with Gasteiger partial charge in [-0.05, 0) is 30.0 Å². The van der Waals surface area contributed by atoms with Crippen molar-refractivity contribution >= 4 is 5.84 Å². The fourth-order valence-corrected chi connectivity index (χ4v) is 1.58. The van der Waals surface area contributed by atoms with E-state index in [9.17, 15) is 0 Å². The van der Waals surface area contributed by atoms with E-state index in [1.807, 2.05) is 24.3 Å². The molecule has 4 nitrogen and oxygen atoms in total. The Morgan fingerprint density at radius 1 is 1.39 bits per heavy atom. The van der Waals surface area contributed by atoms with Crippen molar-refractivity contribution in [2.75, 3.05) is 6.54 Å². The van der Waals surface area contributed by atoms with E-state index in [0.717, 1.165) is 24.2 Å². The third-order valence-electron chi connectivity index (χ3n) is 3.26. The molecule has 1 rings (SSSR count). The molecule has 4 N–H and O–H groups in total. The summed E-state index contributed by atoms with van der Waals surface area (Å²) >= 11 is 0. The molecule has 0 aromatic heterocycles. The SMILES string of the molecule is CC(C)C(C)CNCc1cccc(C(N)=NO)c1. The summed E-state index contributed by atoms with van der Waals surface area (Å²) in [6.07, 6.45) is 0. The Kier molecular flexibility index (Phi) is 5.65. The third kappa shape index (κ3) is 4.37. The first-order valence-electron chi connectivity index (χ1n) is 6.32. The zero-order valence-corrected chi connectivity index (χ0v) is 11.4. The normalized spacial score (nSPS) is 13.9. The van der Waals surface area contributed by atoms with Gasteiger partial charge in [-0.2, -0.15) is 0 Å². The molecule has 0 radical (unpaired) electrons. The van der Waals surface area contributed by atoms with Gasteiger partial charge in [-0.15, -0.1) is 0 Å². The predicted molar refractivity (Wildman–Crippen MR) is 74.7 cm³/mol. The van der Waals surface area contributed by atoms with E-state index in [-0.39, 0.29) is 5.84 Å². The summed E-state index contributed by atoms with van der Waals surface area (Å²) in [5, 5.41) is 15.1. The molecule has 0 bridgehead atoms. The van der Waals surface area contributed by atoms with Crippen molar-refractivity contribution in [1.29, 1.82) is 0 Å². The number of hydrogen-bond acceptors (Lipinski definition) is 3. The lowest BCUT2D eigenvalue weighted by Gasteiger charge is -2.16. The molecular formula is C14H23N3O. The van der Waals surface area contributed by atoms with Gasteiger partial charge in [0, 0.05) is 12.1 Å². The minimum absolute atomic E-state index is 0.146. The van der Waals surface area contributed by atoms with Gasteiger partial charge < -0.3 is 16.3 Å².